The molecule has 38 heavy (non-hydrogen) atoms. The topological polar surface area (TPSA) is 230 Å². The first kappa shape index (κ1) is 27.8. The number of benzene rings is 1. The van der Waals surface area contributed by atoms with E-state index >= 15 is 0 Å². The average Bonchev–Trinajstić information content (AvgIpc) is 3.31. The second-order valence-corrected chi connectivity index (χ2v) is 9.37. The van der Waals surface area contributed by atoms with Crippen LogP contribution in [-0.2, 0) is 23.7 Å². The number of aromatic carboxylic acids is 1. The zero-order valence-electron chi connectivity index (χ0n) is 19.8. The van der Waals surface area contributed by atoms with Crippen LogP contribution >= 0.6 is 0 Å². The molecule has 0 amide bonds. The van der Waals surface area contributed by atoms with Gasteiger partial charge in [-0.2, -0.15) is 0 Å². The largest absolute Gasteiger partial charge is 0.507 e. The van der Waals surface area contributed by atoms with Gasteiger partial charge in [-0.1, -0.05) is 0 Å². The number of aliphatic hydroxyl groups excluding tert-OH is 4. The highest BCUT2D eigenvalue weighted by Crippen LogP contribution is 2.47. The van der Waals surface area contributed by atoms with Crippen LogP contribution in [0.4, 0.5) is 0 Å². The fourth-order valence-corrected chi connectivity index (χ4v) is 5.14. The van der Waals surface area contributed by atoms with Crippen LogP contribution in [0.5, 0.6) is 5.75 Å². The fraction of sp³-hybridized carbons (Fsp3) is 0.542. The lowest BCUT2D eigenvalue weighted by Gasteiger charge is -2.43. The van der Waals surface area contributed by atoms with Crippen molar-refractivity contribution in [2.45, 2.75) is 49.8 Å². The molecule has 7 N–H and O–H groups in total. The number of phenolic OH excluding ortho intramolecular Hbond substituents is 1. The lowest BCUT2D eigenvalue weighted by Crippen LogP contribution is -2.60. The number of fused-ring (bicyclic) bond motifs is 1. The number of hydrogen-bond acceptors (Lipinski definition) is 12. The first-order valence-electron chi connectivity index (χ1n) is 11.8. The van der Waals surface area contributed by atoms with Crippen molar-refractivity contribution in [1.29, 1.82) is 0 Å². The number of rotatable bonds is 8. The van der Waals surface area contributed by atoms with Crippen molar-refractivity contribution in [2.24, 2.45) is 17.8 Å². The molecule has 1 aromatic carbocycles. The highest BCUT2D eigenvalue weighted by atomic mass is 16.8. The van der Waals surface area contributed by atoms with Crippen molar-refractivity contribution >= 4 is 17.9 Å². The maximum atomic E-state index is 12.6. The van der Waals surface area contributed by atoms with Crippen LogP contribution < -0.4 is 0 Å². The molecular weight excluding hydrogens is 512 g/mol. The van der Waals surface area contributed by atoms with Crippen LogP contribution in [0.3, 0.4) is 0 Å². The molecule has 0 aromatic heterocycles. The van der Waals surface area contributed by atoms with Crippen LogP contribution in [0.2, 0.25) is 0 Å². The fourth-order valence-electron chi connectivity index (χ4n) is 5.14. The molecular formula is C24H28O14. The number of esters is 1. The summed E-state index contributed by atoms with van der Waals surface area (Å²) in [5.41, 5.74) is -0.512. The molecule has 2 fully saturated rings. The molecule has 1 aliphatic carbocycles. The van der Waals surface area contributed by atoms with Crippen LogP contribution in [0.15, 0.2) is 30.0 Å². The summed E-state index contributed by atoms with van der Waals surface area (Å²) in [5, 5.41) is 68.5. The Morgan fingerprint density at radius 2 is 1.71 bits per heavy atom. The number of aromatic hydroxyl groups is 1. The van der Waals surface area contributed by atoms with E-state index in [1.807, 2.05) is 0 Å². The first-order valence-corrected chi connectivity index (χ1v) is 11.8. The van der Waals surface area contributed by atoms with E-state index in [4.69, 9.17) is 24.1 Å². The summed E-state index contributed by atoms with van der Waals surface area (Å²) >= 11 is 0. The van der Waals surface area contributed by atoms with E-state index in [9.17, 15) is 45.0 Å². The van der Waals surface area contributed by atoms with E-state index in [-0.39, 0.29) is 23.3 Å². The number of carbonyl (C=O) groups is 3. The smallest absolute Gasteiger partial charge is 0.341 e. The van der Waals surface area contributed by atoms with E-state index in [0.29, 0.717) is 12.8 Å². The Morgan fingerprint density at radius 1 is 0.974 bits per heavy atom. The zero-order chi connectivity index (χ0) is 27.7. The van der Waals surface area contributed by atoms with Gasteiger partial charge < -0.3 is 54.7 Å². The summed E-state index contributed by atoms with van der Waals surface area (Å²) < 4.78 is 22.0. The van der Waals surface area contributed by atoms with Crippen molar-refractivity contribution in [3.05, 3.63) is 41.2 Å². The molecule has 2 aliphatic heterocycles. The molecule has 1 saturated heterocycles. The number of phenols is 1. The van der Waals surface area contributed by atoms with E-state index in [0.717, 1.165) is 24.5 Å². The standard InChI is InChI=1S/C24H28O14/c25-6-15-17(27)18(28)19(29)24(37-15)38-23-16-10(2-3-11(16)13(8-36-23)21(32)33)7-35-22(34)12-4-1-9(20(30)31)5-14(12)26/h1,4-5,8,10-11,15-19,23-29H,2-3,6-7H2,(H,30,31)(H,32,33)/t10-,11+,15-,16+,17-,18+,19-,23+,24+/m1/s1. The third-order valence-electron chi connectivity index (χ3n) is 7.16. The van der Waals surface area contributed by atoms with Crippen molar-refractivity contribution in [3.63, 3.8) is 0 Å². The Hall–Kier alpha value is -3.27. The number of hydrogen-bond donors (Lipinski definition) is 7. The molecule has 1 saturated carbocycles. The normalized spacial score (nSPS) is 34.5. The van der Waals surface area contributed by atoms with Gasteiger partial charge in [-0.25, -0.2) is 14.4 Å². The van der Waals surface area contributed by atoms with Crippen LogP contribution in [0, 0.1) is 17.8 Å². The number of carbonyl (C=O) groups excluding carboxylic acids is 1. The molecule has 208 valence electrons. The average molecular weight is 540 g/mol. The molecule has 1 aromatic rings. The Morgan fingerprint density at radius 3 is 2.34 bits per heavy atom. The predicted octanol–water partition coefficient (Wildman–Crippen LogP) is -0.969. The van der Waals surface area contributed by atoms with Crippen LogP contribution in [0.1, 0.15) is 33.6 Å². The van der Waals surface area contributed by atoms with E-state index < -0.39 is 85.0 Å². The molecule has 0 unspecified atom stereocenters. The zero-order valence-corrected chi connectivity index (χ0v) is 19.8. The third kappa shape index (κ3) is 5.32. The van der Waals surface area contributed by atoms with Gasteiger partial charge in [0.05, 0.1) is 30.6 Å². The lowest BCUT2D eigenvalue weighted by atomic mass is 9.83. The molecule has 14 nitrogen and oxygen atoms in total. The van der Waals surface area contributed by atoms with E-state index in [1.165, 1.54) is 0 Å². The molecule has 0 radical (unpaired) electrons. The maximum Gasteiger partial charge on any atom is 0.341 e. The monoisotopic (exact) mass is 540 g/mol. The minimum absolute atomic E-state index is 0.0283. The quantitative estimate of drug-likeness (QED) is 0.197. The Labute approximate surface area is 215 Å². The van der Waals surface area contributed by atoms with Gasteiger partial charge in [-0.05, 0) is 31.0 Å². The Kier molecular flexibility index (Phi) is 8.20. The summed E-state index contributed by atoms with van der Waals surface area (Å²) in [6, 6.07) is 3.15. The molecule has 9 atom stereocenters. The minimum Gasteiger partial charge on any atom is -0.507 e. The van der Waals surface area contributed by atoms with Gasteiger partial charge in [0, 0.05) is 17.8 Å². The second kappa shape index (κ2) is 11.2. The highest BCUT2D eigenvalue weighted by Gasteiger charge is 2.52. The molecule has 4 rings (SSSR count). The van der Waals surface area contributed by atoms with Crippen molar-refractivity contribution in [2.75, 3.05) is 13.2 Å². The van der Waals surface area contributed by atoms with Crippen molar-refractivity contribution in [3.8, 4) is 5.75 Å². The molecule has 0 spiro atoms. The Bertz CT molecular complexity index is 1100. The van der Waals surface area contributed by atoms with Gasteiger partial charge in [0.2, 0.25) is 6.29 Å². The summed E-state index contributed by atoms with van der Waals surface area (Å²) in [4.78, 5) is 35.4. The lowest BCUT2D eigenvalue weighted by molar-refractivity contribution is -0.342. The highest BCUT2D eigenvalue weighted by molar-refractivity contribution is 5.95. The van der Waals surface area contributed by atoms with Gasteiger partial charge in [0.15, 0.2) is 6.29 Å². The van der Waals surface area contributed by atoms with Crippen molar-refractivity contribution < 1.29 is 69.1 Å². The number of ether oxygens (including phenoxy) is 4. The third-order valence-corrected chi connectivity index (χ3v) is 7.16. The van der Waals surface area contributed by atoms with E-state index in [2.05, 4.69) is 0 Å². The number of aliphatic carboxylic acids is 1. The van der Waals surface area contributed by atoms with Gasteiger partial charge in [0.1, 0.15) is 35.7 Å². The van der Waals surface area contributed by atoms with Gasteiger partial charge >= 0.3 is 17.9 Å². The van der Waals surface area contributed by atoms with Crippen molar-refractivity contribution in [1.82, 2.24) is 0 Å². The summed E-state index contributed by atoms with van der Waals surface area (Å²) in [6.45, 7) is -0.908. The number of carboxylic acids is 2. The SMILES string of the molecule is O=C(O)C1=CO[C@@H](O[C@@H]2O[C@H](CO)[C@@H](O)[C@H](O)[C@H]2O)[C@H]2[C@@H](COC(=O)c3ccc(C(=O)O)cc3O)CC[C@@H]12. The predicted molar refractivity (Wildman–Crippen MR) is 120 cm³/mol. The molecule has 14 heteroatoms. The van der Waals surface area contributed by atoms with E-state index in [1.54, 1.807) is 0 Å². The molecule has 2 heterocycles. The first-order chi connectivity index (χ1) is 18.0. The summed E-state index contributed by atoms with van der Waals surface area (Å²) in [5.74, 6) is -5.80. The summed E-state index contributed by atoms with van der Waals surface area (Å²) in [7, 11) is 0. The number of aliphatic hydroxyl groups is 4. The van der Waals surface area contributed by atoms with Gasteiger partial charge in [-0.15, -0.1) is 0 Å². The minimum atomic E-state index is -1.71. The van der Waals surface area contributed by atoms with Gasteiger partial charge in [0.25, 0.3) is 0 Å². The van der Waals surface area contributed by atoms with Crippen LogP contribution in [0.25, 0.3) is 0 Å². The summed E-state index contributed by atoms with van der Waals surface area (Å²) in [6.07, 6.45) is -7.20. The molecule has 0 bridgehead atoms. The maximum absolute atomic E-state index is 12.6. The van der Waals surface area contributed by atoms with Gasteiger partial charge in [-0.3, -0.25) is 0 Å². The molecule has 3 aliphatic rings. The number of carboxylic acid groups (broad SMARTS) is 2. The second-order valence-electron chi connectivity index (χ2n) is 9.37. The Balaban J connectivity index is 1.50. The van der Waals surface area contributed by atoms with Crippen LogP contribution in [-0.4, -0.2) is 104 Å².